The molecular weight excluding hydrogens is 372 g/mol. The Balaban J connectivity index is 1.46. The standard InChI is InChI=1S/C18H17BrN2O3/c1-12-20-16-11-14(7-8-17(16)24-12)21-18(22)6-3-9-23-15-5-2-4-13(19)10-15/h2,4-5,7-8,10-11H,3,6,9H2,1H3,(H,21,22). The van der Waals surface area contributed by atoms with Gasteiger partial charge < -0.3 is 14.5 Å². The summed E-state index contributed by atoms with van der Waals surface area (Å²) in [6.07, 6.45) is 1.04. The maximum absolute atomic E-state index is 12.0. The molecule has 1 amide bonds. The molecule has 6 heteroatoms. The summed E-state index contributed by atoms with van der Waals surface area (Å²) in [4.78, 5) is 16.3. The Labute approximate surface area is 148 Å². The number of nitrogens with zero attached hydrogens (tertiary/aromatic N) is 1. The van der Waals surface area contributed by atoms with Crippen molar-refractivity contribution < 1.29 is 13.9 Å². The van der Waals surface area contributed by atoms with Gasteiger partial charge in [0.2, 0.25) is 5.91 Å². The number of rotatable bonds is 6. The number of ether oxygens (including phenoxy) is 1. The average molecular weight is 389 g/mol. The first-order chi connectivity index (χ1) is 11.6. The Hall–Kier alpha value is -2.34. The molecule has 0 atom stereocenters. The fourth-order valence-corrected chi connectivity index (χ4v) is 2.70. The Kier molecular flexibility index (Phi) is 5.15. The maximum atomic E-state index is 12.0. The predicted molar refractivity (Wildman–Crippen MR) is 96.2 cm³/mol. The number of amides is 1. The second-order valence-electron chi connectivity index (χ2n) is 5.37. The lowest BCUT2D eigenvalue weighted by Gasteiger charge is -2.07. The van der Waals surface area contributed by atoms with Gasteiger partial charge in [0.1, 0.15) is 11.3 Å². The lowest BCUT2D eigenvalue weighted by atomic mass is 10.2. The third-order valence-electron chi connectivity index (χ3n) is 3.39. The zero-order chi connectivity index (χ0) is 16.9. The van der Waals surface area contributed by atoms with Gasteiger partial charge in [-0.3, -0.25) is 4.79 Å². The van der Waals surface area contributed by atoms with Gasteiger partial charge >= 0.3 is 0 Å². The number of hydrogen-bond donors (Lipinski definition) is 1. The van der Waals surface area contributed by atoms with Gasteiger partial charge in [0.15, 0.2) is 11.5 Å². The van der Waals surface area contributed by atoms with E-state index in [1.165, 1.54) is 0 Å². The summed E-state index contributed by atoms with van der Waals surface area (Å²) < 4.78 is 12.0. The van der Waals surface area contributed by atoms with E-state index >= 15 is 0 Å². The summed E-state index contributed by atoms with van der Waals surface area (Å²) in [6.45, 7) is 2.29. The van der Waals surface area contributed by atoms with E-state index in [0.29, 0.717) is 36.6 Å². The molecule has 0 unspecified atom stereocenters. The number of aryl methyl sites for hydroxylation is 1. The molecule has 0 saturated heterocycles. The van der Waals surface area contributed by atoms with E-state index in [9.17, 15) is 4.79 Å². The Morgan fingerprint density at radius 1 is 1.29 bits per heavy atom. The Morgan fingerprint density at radius 3 is 3.00 bits per heavy atom. The van der Waals surface area contributed by atoms with E-state index in [1.807, 2.05) is 36.4 Å². The minimum atomic E-state index is -0.0487. The van der Waals surface area contributed by atoms with Crippen molar-refractivity contribution in [2.24, 2.45) is 0 Å². The predicted octanol–water partition coefficient (Wildman–Crippen LogP) is 4.70. The summed E-state index contributed by atoms with van der Waals surface area (Å²) >= 11 is 3.39. The molecular formula is C18H17BrN2O3. The zero-order valence-corrected chi connectivity index (χ0v) is 14.8. The maximum Gasteiger partial charge on any atom is 0.224 e. The van der Waals surface area contributed by atoms with Crippen molar-refractivity contribution in [1.29, 1.82) is 0 Å². The van der Waals surface area contributed by atoms with Gasteiger partial charge in [-0.15, -0.1) is 0 Å². The van der Waals surface area contributed by atoms with Gasteiger partial charge in [-0.05, 0) is 42.8 Å². The average Bonchev–Trinajstić information content (AvgIpc) is 2.91. The third-order valence-corrected chi connectivity index (χ3v) is 3.88. The van der Waals surface area contributed by atoms with Crippen LogP contribution in [0.15, 0.2) is 51.4 Å². The van der Waals surface area contributed by atoms with Crippen LogP contribution in [-0.2, 0) is 4.79 Å². The molecule has 124 valence electrons. The van der Waals surface area contributed by atoms with Gasteiger partial charge in [-0.1, -0.05) is 22.0 Å². The van der Waals surface area contributed by atoms with Crippen LogP contribution in [0.3, 0.4) is 0 Å². The highest BCUT2D eigenvalue weighted by Crippen LogP contribution is 2.20. The minimum absolute atomic E-state index is 0.0487. The van der Waals surface area contributed by atoms with Crippen molar-refractivity contribution in [2.75, 3.05) is 11.9 Å². The van der Waals surface area contributed by atoms with Crippen LogP contribution >= 0.6 is 15.9 Å². The summed E-state index contributed by atoms with van der Waals surface area (Å²) in [5.41, 5.74) is 2.17. The van der Waals surface area contributed by atoms with Crippen LogP contribution in [0, 0.1) is 6.92 Å². The van der Waals surface area contributed by atoms with Crippen LogP contribution in [0.1, 0.15) is 18.7 Å². The second-order valence-corrected chi connectivity index (χ2v) is 6.29. The Morgan fingerprint density at radius 2 is 2.17 bits per heavy atom. The van der Waals surface area contributed by atoms with E-state index in [-0.39, 0.29) is 5.91 Å². The van der Waals surface area contributed by atoms with E-state index in [1.54, 1.807) is 13.0 Å². The molecule has 0 spiro atoms. The van der Waals surface area contributed by atoms with Crippen molar-refractivity contribution in [3.63, 3.8) is 0 Å². The van der Waals surface area contributed by atoms with Gasteiger partial charge in [-0.2, -0.15) is 0 Å². The number of anilines is 1. The van der Waals surface area contributed by atoms with Crippen LogP contribution in [0.2, 0.25) is 0 Å². The number of fused-ring (bicyclic) bond motifs is 1. The Bertz CT molecular complexity index is 860. The van der Waals surface area contributed by atoms with Crippen molar-refractivity contribution in [3.05, 3.63) is 52.8 Å². The van der Waals surface area contributed by atoms with Gasteiger partial charge in [0.25, 0.3) is 0 Å². The number of aromatic nitrogens is 1. The molecule has 0 aliphatic rings. The lowest BCUT2D eigenvalue weighted by Crippen LogP contribution is -2.12. The van der Waals surface area contributed by atoms with Crippen LogP contribution in [0.4, 0.5) is 5.69 Å². The van der Waals surface area contributed by atoms with E-state index in [0.717, 1.165) is 15.7 Å². The monoisotopic (exact) mass is 388 g/mol. The summed E-state index contributed by atoms with van der Waals surface area (Å²) in [7, 11) is 0. The quantitative estimate of drug-likeness (QED) is 0.621. The first-order valence-electron chi connectivity index (χ1n) is 7.65. The normalized spacial score (nSPS) is 10.8. The molecule has 3 rings (SSSR count). The fraction of sp³-hybridized carbons (Fsp3) is 0.222. The highest BCUT2D eigenvalue weighted by atomic mass is 79.9. The number of benzene rings is 2. The van der Waals surface area contributed by atoms with Gasteiger partial charge in [0, 0.05) is 23.5 Å². The number of carbonyl (C=O) groups is 1. The van der Waals surface area contributed by atoms with Crippen LogP contribution < -0.4 is 10.1 Å². The number of carbonyl (C=O) groups excluding carboxylic acids is 1. The van der Waals surface area contributed by atoms with E-state index in [4.69, 9.17) is 9.15 Å². The third kappa shape index (κ3) is 4.35. The van der Waals surface area contributed by atoms with Crippen LogP contribution in [-0.4, -0.2) is 17.5 Å². The molecule has 1 aromatic heterocycles. The number of halogens is 1. The van der Waals surface area contributed by atoms with Crippen molar-refractivity contribution >= 4 is 38.6 Å². The minimum Gasteiger partial charge on any atom is -0.494 e. The topological polar surface area (TPSA) is 64.4 Å². The van der Waals surface area contributed by atoms with Gasteiger partial charge in [-0.25, -0.2) is 4.98 Å². The van der Waals surface area contributed by atoms with Crippen molar-refractivity contribution in [2.45, 2.75) is 19.8 Å². The molecule has 5 nitrogen and oxygen atoms in total. The lowest BCUT2D eigenvalue weighted by molar-refractivity contribution is -0.116. The van der Waals surface area contributed by atoms with E-state index in [2.05, 4.69) is 26.2 Å². The summed E-state index contributed by atoms with van der Waals surface area (Å²) in [5.74, 6) is 1.35. The molecule has 0 aliphatic heterocycles. The second kappa shape index (κ2) is 7.49. The summed E-state index contributed by atoms with van der Waals surface area (Å²) in [6, 6.07) is 13.1. The smallest absolute Gasteiger partial charge is 0.224 e. The van der Waals surface area contributed by atoms with Crippen molar-refractivity contribution in [1.82, 2.24) is 4.98 Å². The SMILES string of the molecule is Cc1nc2cc(NC(=O)CCCOc3cccc(Br)c3)ccc2o1. The number of nitrogens with one attached hydrogen (secondary N) is 1. The van der Waals surface area contributed by atoms with Crippen LogP contribution in [0.25, 0.3) is 11.1 Å². The largest absolute Gasteiger partial charge is 0.494 e. The number of oxazole rings is 1. The fourth-order valence-electron chi connectivity index (χ4n) is 2.32. The first-order valence-corrected chi connectivity index (χ1v) is 8.45. The molecule has 0 bridgehead atoms. The molecule has 2 aromatic carbocycles. The van der Waals surface area contributed by atoms with Gasteiger partial charge in [0.05, 0.1) is 6.61 Å². The van der Waals surface area contributed by atoms with Crippen molar-refractivity contribution in [3.8, 4) is 5.75 Å². The first kappa shape index (κ1) is 16.5. The highest BCUT2D eigenvalue weighted by molar-refractivity contribution is 9.10. The molecule has 1 heterocycles. The molecule has 24 heavy (non-hydrogen) atoms. The van der Waals surface area contributed by atoms with Crippen LogP contribution in [0.5, 0.6) is 5.75 Å². The highest BCUT2D eigenvalue weighted by Gasteiger charge is 2.06. The molecule has 0 radical (unpaired) electrons. The molecule has 3 aromatic rings. The zero-order valence-electron chi connectivity index (χ0n) is 13.2. The summed E-state index contributed by atoms with van der Waals surface area (Å²) in [5, 5.41) is 2.87. The molecule has 1 N–H and O–H groups in total. The molecule has 0 aliphatic carbocycles. The van der Waals surface area contributed by atoms with E-state index < -0.39 is 0 Å². The molecule has 0 fully saturated rings. The molecule has 0 saturated carbocycles. The number of hydrogen-bond acceptors (Lipinski definition) is 4.